The van der Waals surface area contributed by atoms with Crippen molar-refractivity contribution in [1.29, 1.82) is 0 Å². The molecule has 4 N–H and O–H groups in total. The summed E-state index contributed by atoms with van der Waals surface area (Å²) in [6, 6.07) is 6.22. The van der Waals surface area contributed by atoms with Gasteiger partial charge in [0.2, 0.25) is 5.91 Å². The van der Waals surface area contributed by atoms with Gasteiger partial charge in [0.1, 0.15) is 0 Å². The van der Waals surface area contributed by atoms with Crippen LogP contribution in [0.2, 0.25) is 0 Å². The first kappa shape index (κ1) is 17.8. The van der Waals surface area contributed by atoms with E-state index in [-0.39, 0.29) is 18.3 Å². The van der Waals surface area contributed by atoms with Gasteiger partial charge in [-0.3, -0.25) is 4.79 Å². The van der Waals surface area contributed by atoms with Crippen LogP contribution in [0.5, 0.6) is 0 Å². The van der Waals surface area contributed by atoms with Crippen LogP contribution in [0, 0.1) is 13.8 Å². The molecule has 1 aromatic heterocycles. The van der Waals surface area contributed by atoms with E-state index in [4.69, 9.17) is 10.5 Å². The second-order valence-electron chi connectivity index (χ2n) is 6.21. The van der Waals surface area contributed by atoms with Crippen molar-refractivity contribution in [2.75, 3.05) is 13.2 Å². The first-order valence-electron chi connectivity index (χ1n) is 7.72. The maximum atomic E-state index is 12.3. The Morgan fingerprint density at radius 2 is 2.04 bits per heavy atom. The molecule has 0 aliphatic carbocycles. The molecule has 5 nitrogen and oxygen atoms in total. The zero-order valence-electron chi connectivity index (χ0n) is 13.6. The number of ether oxygens (including phenoxy) is 1. The molecular formula is C17H24ClN3O2. The van der Waals surface area contributed by atoms with Crippen molar-refractivity contribution in [3.63, 3.8) is 0 Å². The number of rotatable bonds is 3. The third-order valence-corrected chi connectivity index (χ3v) is 4.66. The van der Waals surface area contributed by atoms with E-state index in [2.05, 4.69) is 36.3 Å². The van der Waals surface area contributed by atoms with Crippen LogP contribution >= 0.6 is 12.4 Å². The number of amides is 1. The zero-order valence-corrected chi connectivity index (χ0v) is 14.4. The van der Waals surface area contributed by atoms with Crippen LogP contribution in [0.1, 0.15) is 29.7 Å². The quantitative estimate of drug-likeness (QED) is 0.804. The van der Waals surface area contributed by atoms with Crippen LogP contribution in [-0.4, -0.2) is 29.6 Å². The summed E-state index contributed by atoms with van der Waals surface area (Å²) in [5.41, 5.74) is 10.0. The number of aromatic nitrogens is 1. The van der Waals surface area contributed by atoms with Crippen LogP contribution in [-0.2, 0) is 16.1 Å². The van der Waals surface area contributed by atoms with Crippen LogP contribution in [0.25, 0.3) is 10.9 Å². The molecule has 6 heteroatoms. The van der Waals surface area contributed by atoms with Gasteiger partial charge in [0.25, 0.3) is 0 Å². The molecule has 0 radical (unpaired) electrons. The van der Waals surface area contributed by atoms with Crippen molar-refractivity contribution in [3.05, 3.63) is 35.0 Å². The highest BCUT2D eigenvalue weighted by atomic mass is 35.5. The fourth-order valence-electron chi connectivity index (χ4n) is 2.94. The van der Waals surface area contributed by atoms with E-state index in [1.165, 1.54) is 16.6 Å². The Labute approximate surface area is 142 Å². The van der Waals surface area contributed by atoms with Crippen LogP contribution in [0.3, 0.4) is 0 Å². The molecule has 1 amide bonds. The average molecular weight is 338 g/mol. The summed E-state index contributed by atoms with van der Waals surface area (Å²) in [5, 5.41) is 4.18. The molecule has 1 aliphatic rings. The number of H-pyrrole nitrogens is 1. The largest absolute Gasteiger partial charge is 0.381 e. The lowest BCUT2D eigenvalue weighted by Gasteiger charge is -2.31. The van der Waals surface area contributed by atoms with Crippen molar-refractivity contribution < 1.29 is 9.53 Å². The van der Waals surface area contributed by atoms with E-state index in [9.17, 15) is 4.79 Å². The van der Waals surface area contributed by atoms with Gasteiger partial charge in [-0.2, -0.15) is 0 Å². The van der Waals surface area contributed by atoms with E-state index in [1.807, 2.05) is 6.07 Å². The predicted molar refractivity (Wildman–Crippen MR) is 93.8 cm³/mol. The van der Waals surface area contributed by atoms with E-state index < -0.39 is 5.54 Å². The van der Waals surface area contributed by atoms with Gasteiger partial charge in [-0.1, -0.05) is 6.07 Å². The van der Waals surface area contributed by atoms with Crippen molar-refractivity contribution in [2.45, 2.75) is 38.8 Å². The summed E-state index contributed by atoms with van der Waals surface area (Å²) >= 11 is 0. The highest BCUT2D eigenvalue weighted by molar-refractivity contribution is 5.87. The Bertz CT molecular complexity index is 705. The SMILES string of the molecule is Cc1[nH]c2ccc(CNC(=O)C3(N)CCOCC3)cc2c1C.Cl. The van der Waals surface area contributed by atoms with Crippen molar-refractivity contribution in [2.24, 2.45) is 5.73 Å². The molecular weight excluding hydrogens is 314 g/mol. The predicted octanol–water partition coefficient (Wildman–Crippen LogP) is 2.33. The van der Waals surface area contributed by atoms with Crippen LogP contribution < -0.4 is 11.1 Å². The number of hydrogen-bond acceptors (Lipinski definition) is 3. The van der Waals surface area contributed by atoms with Crippen LogP contribution in [0.4, 0.5) is 0 Å². The molecule has 23 heavy (non-hydrogen) atoms. The summed E-state index contributed by atoms with van der Waals surface area (Å²) in [6.45, 7) is 5.78. The van der Waals surface area contributed by atoms with Crippen molar-refractivity contribution in [1.82, 2.24) is 10.3 Å². The fourth-order valence-corrected chi connectivity index (χ4v) is 2.94. The first-order chi connectivity index (χ1) is 10.5. The summed E-state index contributed by atoms with van der Waals surface area (Å²) in [7, 11) is 0. The Kier molecular flexibility index (Phi) is 5.34. The Hall–Kier alpha value is -1.56. The summed E-state index contributed by atoms with van der Waals surface area (Å²) in [5.74, 6) is -0.0853. The molecule has 1 fully saturated rings. The second-order valence-corrected chi connectivity index (χ2v) is 6.21. The first-order valence-corrected chi connectivity index (χ1v) is 7.72. The minimum atomic E-state index is -0.789. The number of halogens is 1. The Morgan fingerprint density at radius 1 is 1.35 bits per heavy atom. The topological polar surface area (TPSA) is 80.1 Å². The molecule has 0 saturated carbocycles. The Balaban J connectivity index is 0.00000192. The van der Waals surface area contributed by atoms with Gasteiger partial charge in [-0.25, -0.2) is 0 Å². The Morgan fingerprint density at radius 3 is 2.74 bits per heavy atom. The number of aryl methyl sites for hydroxylation is 2. The lowest BCUT2D eigenvalue weighted by molar-refractivity contribution is -0.129. The van der Waals surface area contributed by atoms with Gasteiger partial charge in [0, 0.05) is 36.4 Å². The lowest BCUT2D eigenvalue weighted by Crippen LogP contribution is -2.56. The summed E-state index contributed by atoms with van der Waals surface area (Å²) < 4.78 is 5.28. The zero-order chi connectivity index (χ0) is 15.7. The molecule has 3 rings (SSSR count). The lowest BCUT2D eigenvalue weighted by atomic mass is 9.90. The van der Waals surface area contributed by atoms with E-state index in [0.717, 1.165) is 11.1 Å². The molecule has 126 valence electrons. The smallest absolute Gasteiger partial charge is 0.240 e. The number of carbonyl (C=O) groups excluding carboxylic acids is 1. The molecule has 0 bridgehead atoms. The minimum Gasteiger partial charge on any atom is -0.381 e. The molecule has 0 atom stereocenters. The highest BCUT2D eigenvalue weighted by Gasteiger charge is 2.35. The molecule has 1 saturated heterocycles. The highest BCUT2D eigenvalue weighted by Crippen LogP contribution is 2.23. The second kappa shape index (κ2) is 6.91. The third-order valence-electron chi connectivity index (χ3n) is 4.66. The van der Waals surface area contributed by atoms with Gasteiger partial charge in [0.15, 0.2) is 0 Å². The third kappa shape index (κ3) is 3.52. The fraction of sp³-hybridized carbons (Fsp3) is 0.471. The molecule has 2 aromatic rings. The van der Waals surface area contributed by atoms with E-state index in [0.29, 0.717) is 32.6 Å². The van der Waals surface area contributed by atoms with E-state index >= 15 is 0 Å². The molecule has 0 spiro atoms. The number of fused-ring (bicyclic) bond motifs is 1. The molecule has 2 heterocycles. The standard InChI is InChI=1S/C17H23N3O2.ClH/c1-11-12(2)20-15-4-3-13(9-14(11)15)10-19-16(21)17(18)5-7-22-8-6-17;/h3-4,9,20H,5-8,10,18H2,1-2H3,(H,19,21);1H. The summed E-state index contributed by atoms with van der Waals surface area (Å²) in [4.78, 5) is 15.7. The number of nitrogens with two attached hydrogens (primary N) is 1. The van der Waals surface area contributed by atoms with Gasteiger partial charge >= 0.3 is 0 Å². The van der Waals surface area contributed by atoms with Crippen molar-refractivity contribution >= 4 is 29.2 Å². The van der Waals surface area contributed by atoms with Gasteiger partial charge in [0.05, 0.1) is 5.54 Å². The summed E-state index contributed by atoms with van der Waals surface area (Å²) in [6.07, 6.45) is 1.15. The number of hydrogen-bond donors (Lipinski definition) is 3. The molecule has 0 unspecified atom stereocenters. The normalized spacial score (nSPS) is 16.8. The molecule has 1 aromatic carbocycles. The number of aromatic amines is 1. The maximum Gasteiger partial charge on any atom is 0.240 e. The molecule has 1 aliphatic heterocycles. The monoisotopic (exact) mass is 337 g/mol. The van der Waals surface area contributed by atoms with Gasteiger partial charge in [-0.15, -0.1) is 12.4 Å². The minimum absolute atomic E-state index is 0. The maximum absolute atomic E-state index is 12.3. The van der Waals surface area contributed by atoms with Gasteiger partial charge in [-0.05, 0) is 49.9 Å². The number of benzene rings is 1. The van der Waals surface area contributed by atoms with Crippen LogP contribution in [0.15, 0.2) is 18.2 Å². The average Bonchev–Trinajstić information content (AvgIpc) is 2.80. The number of nitrogens with one attached hydrogen (secondary N) is 2. The van der Waals surface area contributed by atoms with Crippen molar-refractivity contribution in [3.8, 4) is 0 Å². The van der Waals surface area contributed by atoms with Gasteiger partial charge < -0.3 is 20.8 Å². The van der Waals surface area contributed by atoms with E-state index in [1.54, 1.807) is 0 Å². The number of carbonyl (C=O) groups is 1.